The zero-order valence-electron chi connectivity index (χ0n) is 8.16. The first-order valence-corrected chi connectivity index (χ1v) is 4.98. The largest absolute Gasteiger partial charge is 0.330 e. The summed E-state index contributed by atoms with van der Waals surface area (Å²) in [6.07, 6.45) is 2.49. The smallest absolute Gasteiger partial charge is 0.00433 e. The molecule has 2 rings (SSSR count). The van der Waals surface area contributed by atoms with E-state index in [9.17, 15) is 0 Å². The van der Waals surface area contributed by atoms with Gasteiger partial charge in [0.05, 0.1) is 0 Å². The fourth-order valence-corrected chi connectivity index (χ4v) is 2.15. The zero-order chi connectivity index (χ0) is 9.31. The van der Waals surface area contributed by atoms with E-state index in [1.54, 1.807) is 0 Å². The fraction of sp³-hybridized carbons (Fsp3) is 0.500. The van der Waals surface area contributed by atoms with E-state index in [0.717, 1.165) is 12.5 Å². The van der Waals surface area contributed by atoms with Gasteiger partial charge in [-0.15, -0.1) is 0 Å². The molecule has 0 spiro atoms. The predicted molar refractivity (Wildman–Crippen MR) is 55.4 cm³/mol. The van der Waals surface area contributed by atoms with Crippen LogP contribution >= 0.6 is 0 Å². The molecule has 1 aliphatic rings. The van der Waals surface area contributed by atoms with Gasteiger partial charge in [0.25, 0.3) is 0 Å². The molecule has 0 amide bonds. The molecule has 1 fully saturated rings. The van der Waals surface area contributed by atoms with E-state index in [2.05, 4.69) is 37.3 Å². The Labute approximate surface area is 80.0 Å². The number of hydrogen-bond acceptors (Lipinski definition) is 1. The Morgan fingerprint density at radius 2 is 2.08 bits per heavy atom. The molecule has 2 atom stereocenters. The first-order valence-electron chi connectivity index (χ1n) is 4.98. The first kappa shape index (κ1) is 8.76. The van der Waals surface area contributed by atoms with Crippen molar-refractivity contribution in [3.8, 4) is 0 Å². The molecule has 2 unspecified atom stereocenters. The molecule has 0 bridgehead atoms. The normalized spacial score (nSPS) is 31.7. The molecule has 0 saturated heterocycles. The second-order valence-corrected chi connectivity index (χ2v) is 4.45. The lowest BCUT2D eigenvalue weighted by Gasteiger charge is -2.09. The highest BCUT2D eigenvalue weighted by molar-refractivity contribution is 5.19. The monoisotopic (exact) mass is 175 g/mol. The number of hydrogen-bond donors (Lipinski definition) is 1. The van der Waals surface area contributed by atoms with Gasteiger partial charge in [0.2, 0.25) is 0 Å². The van der Waals surface area contributed by atoms with Crippen molar-refractivity contribution < 1.29 is 0 Å². The van der Waals surface area contributed by atoms with Gasteiger partial charge in [-0.3, -0.25) is 0 Å². The maximum atomic E-state index is 5.66. The quantitative estimate of drug-likeness (QED) is 0.749. The van der Waals surface area contributed by atoms with Crippen molar-refractivity contribution in [2.75, 3.05) is 6.54 Å². The SMILES string of the molecule is CC1(Cc2ccccc2)CC1CN. The third kappa shape index (κ3) is 1.75. The van der Waals surface area contributed by atoms with Crippen molar-refractivity contribution in [2.24, 2.45) is 17.1 Å². The molecule has 0 aromatic heterocycles. The molecule has 1 saturated carbocycles. The van der Waals surface area contributed by atoms with Crippen LogP contribution in [0.3, 0.4) is 0 Å². The number of rotatable bonds is 3. The van der Waals surface area contributed by atoms with E-state index >= 15 is 0 Å². The van der Waals surface area contributed by atoms with Gasteiger partial charge in [-0.2, -0.15) is 0 Å². The van der Waals surface area contributed by atoms with Crippen LogP contribution in [0.25, 0.3) is 0 Å². The molecule has 0 heterocycles. The van der Waals surface area contributed by atoms with E-state index in [4.69, 9.17) is 5.73 Å². The summed E-state index contributed by atoms with van der Waals surface area (Å²) in [6, 6.07) is 10.7. The maximum Gasteiger partial charge on any atom is -0.00433 e. The minimum atomic E-state index is 0.496. The van der Waals surface area contributed by atoms with Crippen molar-refractivity contribution in [3.63, 3.8) is 0 Å². The van der Waals surface area contributed by atoms with Crippen LogP contribution in [-0.2, 0) is 6.42 Å². The molecule has 1 aromatic carbocycles. The minimum Gasteiger partial charge on any atom is -0.330 e. The Hall–Kier alpha value is -0.820. The van der Waals surface area contributed by atoms with Gasteiger partial charge in [-0.1, -0.05) is 37.3 Å². The second-order valence-electron chi connectivity index (χ2n) is 4.45. The summed E-state index contributed by atoms with van der Waals surface area (Å²) in [5, 5.41) is 0. The van der Waals surface area contributed by atoms with Gasteiger partial charge in [0.1, 0.15) is 0 Å². The highest BCUT2D eigenvalue weighted by atomic mass is 14.7. The second kappa shape index (κ2) is 3.15. The van der Waals surface area contributed by atoms with Crippen LogP contribution in [-0.4, -0.2) is 6.54 Å². The van der Waals surface area contributed by atoms with E-state index < -0.39 is 0 Å². The summed E-state index contributed by atoms with van der Waals surface area (Å²) in [4.78, 5) is 0. The lowest BCUT2D eigenvalue weighted by molar-refractivity contribution is 0.504. The summed E-state index contributed by atoms with van der Waals surface area (Å²) < 4.78 is 0. The van der Waals surface area contributed by atoms with Crippen molar-refractivity contribution >= 4 is 0 Å². The molecule has 70 valence electrons. The Morgan fingerprint density at radius 3 is 2.62 bits per heavy atom. The highest BCUT2D eigenvalue weighted by Crippen LogP contribution is 2.53. The van der Waals surface area contributed by atoms with E-state index in [-0.39, 0.29) is 0 Å². The zero-order valence-corrected chi connectivity index (χ0v) is 8.16. The molecule has 1 aliphatic carbocycles. The Kier molecular flexibility index (Phi) is 2.12. The van der Waals surface area contributed by atoms with Gasteiger partial charge >= 0.3 is 0 Å². The molecule has 2 N–H and O–H groups in total. The summed E-state index contributed by atoms with van der Waals surface area (Å²) in [6.45, 7) is 3.20. The van der Waals surface area contributed by atoms with Gasteiger partial charge in [-0.05, 0) is 36.3 Å². The highest BCUT2D eigenvalue weighted by Gasteiger charge is 2.48. The van der Waals surface area contributed by atoms with Crippen molar-refractivity contribution in [2.45, 2.75) is 19.8 Å². The van der Waals surface area contributed by atoms with Gasteiger partial charge in [-0.25, -0.2) is 0 Å². The molecule has 1 nitrogen and oxygen atoms in total. The Balaban J connectivity index is 2.00. The van der Waals surface area contributed by atoms with Crippen LogP contribution in [0.4, 0.5) is 0 Å². The predicted octanol–water partition coefficient (Wildman–Crippen LogP) is 2.21. The summed E-state index contributed by atoms with van der Waals surface area (Å²) in [5.41, 5.74) is 7.60. The molecular weight excluding hydrogens is 158 g/mol. The third-order valence-corrected chi connectivity index (χ3v) is 3.27. The van der Waals surface area contributed by atoms with Crippen LogP contribution in [0.2, 0.25) is 0 Å². The van der Waals surface area contributed by atoms with Crippen molar-refractivity contribution in [3.05, 3.63) is 35.9 Å². The van der Waals surface area contributed by atoms with Crippen LogP contribution in [0, 0.1) is 11.3 Å². The summed E-state index contributed by atoms with van der Waals surface area (Å²) >= 11 is 0. The van der Waals surface area contributed by atoms with Crippen LogP contribution in [0.5, 0.6) is 0 Å². The topological polar surface area (TPSA) is 26.0 Å². The standard InChI is InChI=1S/C12H17N/c1-12(8-11(12)9-13)7-10-5-3-2-4-6-10/h2-6,11H,7-9,13H2,1H3. The molecule has 0 aliphatic heterocycles. The summed E-state index contributed by atoms with van der Waals surface area (Å²) in [7, 11) is 0. The average molecular weight is 175 g/mol. The number of benzene rings is 1. The van der Waals surface area contributed by atoms with E-state index in [1.807, 2.05) is 0 Å². The fourth-order valence-electron chi connectivity index (χ4n) is 2.15. The van der Waals surface area contributed by atoms with Crippen LogP contribution in [0.1, 0.15) is 18.9 Å². The van der Waals surface area contributed by atoms with Gasteiger partial charge in [0, 0.05) is 0 Å². The molecular formula is C12H17N. The lowest BCUT2D eigenvalue weighted by Crippen LogP contribution is -2.10. The van der Waals surface area contributed by atoms with Crippen LogP contribution < -0.4 is 5.73 Å². The van der Waals surface area contributed by atoms with Crippen LogP contribution in [0.15, 0.2) is 30.3 Å². The van der Waals surface area contributed by atoms with Gasteiger partial charge in [0.15, 0.2) is 0 Å². The molecule has 0 radical (unpaired) electrons. The molecule has 13 heavy (non-hydrogen) atoms. The average Bonchev–Trinajstić information content (AvgIpc) is 2.78. The van der Waals surface area contributed by atoms with Crippen molar-refractivity contribution in [1.29, 1.82) is 0 Å². The third-order valence-electron chi connectivity index (χ3n) is 3.27. The maximum absolute atomic E-state index is 5.66. The first-order chi connectivity index (χ1) is 6.24. The Bertz CT molecular complexity index is 280. The number of nitrogens with two attached hydrogens (primary N) is 1. The minimum absolute atomic E-state index is 0.496. The van der Waals surface area contributed by atoms with Gasteiger partial charge < -0.3 is 5.73 Å². The summed E-state index contributed by atoms with van der Waals surface area (Å²) in [5.74, 6) is 0.757. The van der Waals surface area contributed by atoms with Crippen molar-refractivity contribution in [1.82, 2.24) is 0 Å². The molecule has 1 heteroatoms. The Morgan fingerprint density at radius 1 is 1.38 bits per heavy atom. The van der Waals surface area contributed by atoms with E-state index in [1.165, 1.54) is 18.4 Å². The lowest BCUT2D eigenvalue weighted by atomic mass is 9.96. The molecule has 1 aromatic rings. The van der Waals surface area contributed by atoms with E-state index in [0.29, 0.717) is 5.41 Å².